The van der Waals surface area contributed by atoms with Gasteiger partial charge in [-0.25, -0.2) is 10.9 Å². The average Bonchev–Trinajstić information content (AvgIpc) is 3.01. The molecule has 1 aliphatic rings. The summed E-state index contributed by atoms with van der Waals surface area (Å²) in [6.07, 6.45) is 6.35. The second-order valence-electron chi connectivity index (χ2n) is 4.77. The Morgan fingerprint density at radius 2 is 2.09 bits per heavy atom. The summed E-state index contributed by atoms with van der Waals surface area (Å²) in [6, 6.07) is 11.1. The molecule has 0 saturated heterocycles. The van der Waals surface area contributed by atoms with Crippen molar-refractivity contribution in [3.05, 3.63) is 71.7 Å². The Balaban J connectivity index is 2.00. The minimum Gasteiger partial charge on any atom is -0.289 e. The lowest BCUT2D eigenvalue weighted by Gasteiger charge is -2.29. The number of aromatic nitrogens is 1. The van der Waals surface area contributed by atoms with Gasteiger partial charge in [0.2, 0.25) is 0 Å². The predicted octanol–water partition coefficient (Wildman–Crippen LogP) is 1.97. The molecule has 7 heteroatoms. The van der Waals surface area contributed by atoms with E-state index in [1.807, 2.05) is 30.3 Å². The van der Waals surface area contributed by atoms with Crippen molar-refractivity contribution in [2.45, 2.75) is 5.54 Å². The number of hydrazine groups is 1. The zero-order valence-electron chi connectivity index (χ0n) is 11.4. The number of halogens is 1. The van der Waals surface area contributed by atoms with Crippen molar-refractivity contribution in [2.75, 3.05) is 5.01 Å². The summed E-state index contributed by atoms with van der Waals surface area (Å²) < 4.78 is 0. The van der Waals surface area contributed by atoms with Crippen molar-refractivity contribution in [1.29, 1.82) is 0 Å². The molecule has 3 N–H and O–H groups in total. The van der Waals surface area contributed by atoms with Crippen molar-refractivity contribution in [2.24, 2.45) is 0 Å². The SMILES string of the molecule is O=C(NO)C1(c2cncc(Cl)c2)C=CN(c2ccccc2)N1. The zero-order chi connectivity index (χ0) is 15.6. The largest absolute Gasteiger partial charge is 0.289 e. The number of hydrogen-bond donors (Lipinski definition) is 3. The van der Waals surface area contributed by atoms with Gasteiger partial charge in [-0.05, 0) is 24.3 Å². The smallest absolute Gasteiger partial charge is 0.274 e. The standard InChI is InChI=1S/C15H13ClN4O2/c16-12-8-11(9-17-10-12)15(14(21)18-22)6-7-20(19-15)13-4-2-1-3-5-13/h1-10,19,22H,(H,18,21). The molecule has 1 atom stereocenters. The molecule has 1 unspecified atom stereocenters. The van der Waals surface area contributed by atoms with E-state index < -0.39 is 11.4 Å². The van der Waals surface area contributed by atoms with E-state index in [0.29, 0.717) is 10.6 Å². The van der Waals surface area contributed by atoms with Crippen LogP contribution in [0, 0.1) is 0 Å². The number of nitrogens with one attached hydrogen (secondary N) is 2. The number of nitrogens with zero attached hydrogens (tertiary/aromatic N) is 2. The van der Waals surface area contributed by atoms with E-state index in [1.165, 1.54) is 12.4 Å². The van der Waals surface area contributed by atoms with Crippen LogP contribution in [0.4, 0.5) is 5.69 Å². The fraction of sp³-hybridized carbons (Fsp3) is 0.0667. The maximum atomic E-state index is 12.3. The Bertz CT molecular complexity index is 722. The summed E-state index contributed by atoms with van der Waals surface area (Å²) in [5.74, 6) is -0.633. The van der Waals surface area contributed by atoms with Crippen LogP contribution in [0.2, 0.25) is 5.02 Å². The lowest BCUT2D eigenvalue weighted by molar-refractivity contribution is -0.134. The molecule has 3 rings (SSSR count). The second kappa shape index (κ2) is 5.76. The number of amides is 1. The molecular weight excluding hydrogens is 304 g/mol. The molecule has 0 radical (unpaired) electrons. The number of benzene rings is 1. The number of hydroxylamine groups is 1. The number of rotatable bonds is 3. The van der Waals surface area contributed by atoms with Gasteiger partial charge in [0.15, 0.2) is 5.54 Å². The molecule has 0 bridgehead atoms. The summed E-state index contributed by atoms with van der Waals surface area (Å²) in [6.45, 7) is 0. The third-order valence-corrected chi connectivity index (χ3v) is 3.63. The molecule has 1 aliphatic heterocycles. The minimum absolute atomic E-state index is 0.399. The van der Waals surface area contributed by atoms with Crippen LogP contribution in [-0.4, -0.2) is 16.1 Å². The fourth-order valence-corrected chi connectivity index (χ4v) is 2.50. The van der Waals surface area contributed by atoms with Crippen LogP contribution in [-0.2, 0) is 10.3 Å². The summed E-state index contributed by atoms with van der Waals surface area (Å²) in [4.78, 5) is 16.3. The van der Waals surface area contributed by atoms with Crippen molar-refractivity contribution in [3.63, 3.8) is 0 Å². The summed E-state index contributed by atoms with van der Waals surface area (Å²) in [7, 11) is 0. The molecule has 0 spiro atoms. The number of anilines is 1. The molecule has 1 amide bonds. The minimum atomic E-state index is -1.29. The van der Waals surface area contributed by atoms with Gasteiger partial charge in [-0.3, -0.25) is 20.0 Å². The highest BCUT2D eigenvalue weighted by molar-refractivity contribution is 6.30. The first kappa shape index (κ1) is 14.5. The number of carbonyl (C=O) groups excluding carboxylic acids is 1. The average molecular weight is 317 g/mol. The van der Waals surface area contributed by atoms with E-state index in [-0.39, 0.29) is 0 Å². The van der Waals surface area contributed by atoms with Crippen molar-refractivity contribution < 1.29 is 10.0 Å². The topological polar surface area (TPSA) is 77.5 Å². The van der Waals surface area contributed by atoms with Gasteiger partial charge in [0, 0.05) is 24.2 Å². The molecule has 0 saturated carbocycles. The van der Waals surface area contributed by atoms with Gasteiger partial charge in [0.05, 0.1) is 10.7 Å². The zero-order valence-corrected chi connectivity index (χ0v) is 12.2. The van der Waals surface area contributed by atoms with E-state index in [2.05, 4.69) is 10.4 Å². The first-order valence-corrected chi connectivity index (χ1v) is 6.90. The first-order chi connectivity index (χ1) is 10.7. The molecule has 2 aromatic rings. The maximum Gasteiger partial charge on any atom is 0.274 e. The van der Waals surface area contributed by atoms with Gasteiger partial charge in [0.1, 0.15) is 0 Å². The summed E-state index contributed by atoms with van der Waals surface area (Å²) >= 11 is 5.96. The Labute approximate surface area is 132 Å². The fourth-order valence-electron chi connectivity index (χ4n) is 2.32. The van der Waals surface area contributed by atoms with Gasteiger partial charge in [0.25, 0.3) is 5.91 Å². The molecule has 1 aromatic heterocycles. The third kappa shape index (κ3) is 2.43. The lowest BCUT2D eigenvalue weighted by Crippen LogP contribution is -2.54. The normalized spacial score (nSPS) is 20.2. The molecule has 112 valence electrons. The first-order valence-electron chi connectivity index (χ1n) is 6.53. The Hall–Kier alpha value is -2.41. The maximum absolute atomic E-state index is 12.3. The van der Waals surface area contributed by atoms with Crippen LogP contribution in [0.1, 0.15) is 5.56 Å². The van der Waals surface area contributed by atoms with E-state index >= 15 is 0 Å². The third-order valence-electron chi connectivity index (χ3n) is 3.42. The number of carbonyl (C=O) groups is 1. The number of hydrogen-bond acceptors (Lipinski definition) is 5. The quantitative estimate of drug-likeness (QED) is 0.596. The van der Waals surface area contributed by atoms with Crippen LogP contribution in [0.5, 0.6) is 0 Å². The van der Waals surface area contributed by atoms with Gasteiger partial charge in [-0.2, -0.15) is 0 Å². The van der Waals surface area contributed by atoms with Crippen LogP contribution >= 0.6 is 11.6 Å². The summed E-state index contributed by atoms with van der Waals surface area (Å²) in [5, 5.41) is 11.2. The van der Waals surface area contributed by atoms with Gasteiger partial charge in [-0.1, -0.05) is 29.8 Å². The number of pyridine rings is 1. The number of para-hydroxylation sites is 1. The Morgan fingerprint density at radius 1 is 1.32 bits per heavy atom. The molecule has 2 heterocycles. The predicted molar refractivity (Wildman–Crippen MR) is 82.1 cm³/mol. The molecule has 0 aliphatic carbocycles. The molecule has 22 heavy (non-hydrogen) atoms. The summed E-state index contributed by atoms with van der Waals surface area (Å²) in [5.41, 5.74) is 4.83. The monoisotopic (exact) mass is 316 g/mol. The molecular formula is C15H13ClN4O2. The van der Waals surface area contributed by atoms with Gasteiger partial charge < -0.3 is 0 Å². The van der Waals surface area contributed by atoms with Crippen LogP contribution in [0.15, 0.2) is 61.1 Å². The van der Waals surface area contributed by atoms with E-state index in [1.54, 1.807) is 28.8 Å². The molecule has 6 nitrogen and oxygen atoms in total. The van der Waals surface area contributed by atoms with Crippen molar-refractivity contribution in [3.8, 4) is 0 Å². The lowest BCUT2D eigenvalue weighted by atomic mass is 9.92. The highest BCUT2D eigenvalue weighted by atomic mass is 35.5. The highest BCUT2D eigenvalue weighted by Crippen LogP contribution is 2.31. The van der Waals surface area contributed by atoms with E-state index in [4.69, 9.17) is 16.8 Å². The van der Waals surface area contributed by atoms with Crippen LogP contribution in [0.25, 0.3) is 0 Å². The van der Waals surface area contributed by atoms with Gasteiger partial charge in [-0.15, -0.1) is 0 Å². The van der Waals surface area contributed by atoms with Crippen LogP contribution in [0.3, 0.4) is 0 Å². The van der Waals surface area contributed by atoms with Gasteiger partial charge >= 0.3 is 0 Å². The molecule has 1 aromatic carbocycles. The van der Waals surface area contributed by atoms with Crippen molar-refractivity contribution in [1.82, 2.24) is 15.9 Å². The van der Waals surface area contributed by atoms with E-state index in [9.17, 15) is 4.79 Å². The van der Waals surface area contributed by atoms with Crippen molar-refractivity contribution >= 4 is 23.2 Å². The molecule has 0 fully saturated rings. The van der Waals surface area contributed by atoms with Crippen LogP contribution < -0.4 is 15.9 Å². The highest BCUT2D eigenvalue weighted by Gasteiger charge is 2.43. The second-order valence-corrected chi connectivity index (χ2v) is 5.21. The van der Waals surface area contributed by atoms with E-state index in [0.717, 1.165) is 5.69 Å². The Kier molecular flexibility index (Phi) is 3.81. The Morgan fingerprint density at radius 3 is 2.77 bits per heavy atom.